The van der Waals surface area contributed by atoms with Gasteiger partial charge < -0.3 is 10.4 Å². The standard InChI is InChI=1S/C17H23NO3/c1-12-5-7-13(8-6-12)3-2-4-16(19)18-15-10-9-14(11-15)17(20)21/h5-8,14-15H,2-4,9-11H2,1H3,(H,18,19)(H,20,21)/t14-,15+/m1/s1. The Bertz CT molecular complexity index is 495. The highest BCUT2D eigenvalue weighted by molar-refractivity contribution is 5.76. The number of carboxylic acid groups (broad SMARTS) is 1. The van der Waals surface area contributed by atoms with Crippen LogP contribution in [0.5, 0.6) is 0 Å². The van der Waals surface area contributed by atoms with Gasteiger partial charge in [-0.25, -0.2) is 0 Å². The number of carboxylic acids is 1. The van der Waals surface area contributed by atoms with Crippen molar-refractivity contribution in [3.8, 4) is 0 Å². The zero-order chi connectivity index (χ0) is 15.2. The molecule has 0 heterocycles. The number of benzene rings is 1. The van der Waals surface area contributed by atoms with E-state index in [-0.39, 0.29) is 17.9 Å². The van der Waals surface area contributed by atoms with Gasteiger partial charge in [0.25, 0.3) is 0 Å². The van der Waals surface area contributed by atoms with Gasteiger partial charge >= 0.3 is 5.97 Å². The van der Waals surface area contributed by atoms with E-state index in [9.17, 15) is 9.59 Å². The fourth-order valence-electron chi connectivity index (χ4n) is 2.84. The molecule has 4 heteroatoms. The van der Waals surface area contributed by atoms with Crippen molar-refractivity contribution in [3.63, 3.8) is 0 Å². The molecule has 2 rings (SSSR count). The zero-order valence-corrected chi connectivity index (χ0v) is 12.5. The second kappa shape index (κ2) is 7.25. The molecule has 0 bridgehead atoms. The lowest BCUT2D eigenvalue weighted by Gasteiger charge is -2.12. The molecule has 0 aliphatic heterocycles. The number of carbonyl (C=O) groups excluding carboxylic acids is 1. The number of carbonyl (C=O) groups is 2. The summed E-state index contributed by atoms with van der Waals surface area (Å²) < 4.78 is 0. The number of aliphatic carboxylic acids is 1. The van der Waals surface area contributed by atoms with Crippen LogP contribution in [0.25, 0.3) is 0 Å². The number of hydrogen-bond acceptors (Lipinski definition) is 2. The van der Waals surface area contributed by atoms with Gasteiger partial charge in [-0.2, -0.15) is 0 Å². The average Bonchev–Trinajstić information content (AvgIpc) is 2.90. The van der Waals surface area contributed by atoms with Gasteiger partial charge in [0.1, 0.15) is 0 Å². The summed E-state index contributed by atoms with van der Waals surface area (Å²) in [4.78, 5) is 22.7. The van der Waals surface area contributed by atoms with Crippen molar-refractivity contribution in [1.82, 2.24) is 5.32 Å². The Morgan fingerprint density at radius 2 is 1.95 bits per heavy atom. The van der Waals surface area contributed by atoms with Gasteiger partial charge in [-0.3, -0.25) is 9.59 Å². The fraction of sp³-hybridized carbons (Fsp3) is 0.529. The van der Waals surface area contributed by atoms with Crippen LogP contribution in [-0.4, -0.2) is 23.0 Å². The van der Waals surface area contributed by atoms with Crippen LogP contribution >= 0.6 is 0 Å². The van der Waals surface area contributed by atoms with E-state index in [1.165, 1.54) is 11.1 Å². The summed E-state index contributed by atoms with van der Waals surface area (Å²) in [5.41, 5.74) is 2.49. The summed E-state index contributed by atoms with van der Waals surface area (Å²) in [6.45, 7) is 2.06. The van der Waals surface area contributed by atoms with Crippen LogP contribution in [0.2, 0.25) is 0 Å². The fourth-order valence-corrected chi connectivity index (χ4v) is 2.84. The van der Waals surface area contributed by atoms with Crippen LogP contribution in [0.1, 0.15) is 43.2 Å². The van der Waals surface area contributed by atoms with E-state index in [2.05, 4.69) is 36.5 Å². The lowest BCUT2D eigenvalue weighted by atomic mass is 10.1. The Morgan fingerprint density at radius 3 is 2.57 bits per heavy atom. The molecule has 1 fully saturated rings. The van der Waals surface area contributed by atoms with Crippen LogP contribution in [0.3, 0.4) is 0 Å². The molecule has 1 aromatic rings. The van der Waals surface area contributed by atoms with Crippen molar-refractivity contribution < 1.29 is 14.7 Å². The highest BCUT2D eigenvalue weighted by atomic mass is 16.4. The van der Waals surface area contributed by atoms with E-state index in [0.29, 0.717) is 19.3 Å². The average molecular weight is 289 g/mol. The molecule has 2 N–H and O–H groups in total. The molecule has 114 valence electrons. The van der Waals surface area contributed by atoms with Crippen molar-refractivity contribution in [2.75, 3.05) is 0 Å². The molecule has 4 nitrogen and oxygen atoms in total. The molecule has 2 atom stereocenters. The molecule has 0 radical (unpaired) electrons. The lowest BCUT2D eigenvalue weighted by molar-refractivity contribution is -0.141. The second-order valence-corrected chi connectivity index (χ2v) is 5.95. The third-order valence-electron chi connectivity index (χ3n) is 4.14. The van der Waals surface area contributed by atoms with Gasteiger partial charge in [0, 0.05) is 12.5 Å². The third kappa shape index (κ3) is 4.88. The van der Waals surface area contributed by atoms with Gasteiger partial charge in [0.05, 0.1) is 5.92 Å². The molecular formula is C17H23NO3. The van der Waals surface area contributed by atoms with E-state index >= 15 is 0 Å². The first-order valence-corrected chi connectivity index (χ1v) is 7.62. The second-order valence-electron chi connectivity index (χ2n) is 5.95. The van der Waals surface area contributed by atoms with E-state index in [1.807, 2.05) is 0 Å². The number of aryl methyl sites for hydroxylation is 2. The Morgan fingerprint density at radius 1 is 1.24 bits per heavy atom. The number of rotatable bonds is 6. The Labute approximate surface area is 125 Å². The molecule has 1 aliphatic carbocycles. The van der Waals surface area contributed by atoms with Gasteiger partial charge in [-0.15, -0.1) is 0 Å². The van der Waals surface area contributed by atoms with Crippen molar-refractivity contribution in [3.05, 3.63) is 35.4 Å². The summed E-state index contributed by atoms with van der Waals surface area (Å²) in [6.07, 6.45) is 4.24. The van der Waals surface area contributed by atoms with E-state index in [1.54, 1.807) is 0 Å². The smallest absolute Gasteiger partial charge is 0.306 e. The predicted molar refractivity (Wildman–Crippen MR) is 81.0 cm³/mol. The summed E-state index contributed by atoms with van der Waals surface area (Å²) in [5.74, 6) is -0.993. The van der Waals surface area contributed by atoms with Crippen molar-refractivity contribution in [1.29, 1.82) is 0 Å². The van der Waals surface area contributed by atoms with Crippen LogP contribution in [0.4, 0.5) is 0 Å². The molecule has 1 aliphatic rings. The molecule has 21 heavy (non-hydrogen) atoms. The maximum Gasteiger partial charge on any atom is 0.306 e. The SMILES string of the molecule is Cc1ccc(CCCC(=O)N[C@H]2CC[C@@H](C(=O)O)C2)cc1. The minimum absolute atomic E-state index is 0.0398. The lowest BCUT2D eigenvalue weighted by Crippen LogP contribution is -2.33. The monoisotopic (exact) mass is 289 g/mol. The number of nitrogens with one attached hydrogen (secondary N) is 1. The topological polar surface area (TPSA) is 66.4 Å². The molecule has 0 spiro atoms. The Hall–Kier alpha value is -1.84. The summed E-state index contributed by atoms with van der Waals surface area (Å²) in [5, 5.41) is 11.9. The first-order valence-electron chi connectivity index (χ1n) is 7.62. The quantitative estimate of drug-likeness (QED) is 0.846. The molecule has 1 aromatic carbocycles. The normalized spacial score (nSPS) is 21.2. The van der Waals surface area contributed by atoms with E-state index in [4.69, 9.17) is 5.11 Å². The largest absolute Gasteiger partial charge is 0.481 e. The van der Waals surface area contributed by atoms with Gasteiger partial charge in [0.15, 0.2) is 0 Å². The highest BCUT2D eigenvalue weighted by Crippen LogP contribution is 2.25. The van der Waals surface area contributed by atoms with Gasteiger partial charge in [-0.1, -0.05) is 29.8 Å². The van der Waals surface area contributed by atoms with Crippen molar-refractivity contribution in [2.45, 2.75) is 51.5 Å². The van der Waals surface area contributed by atoms with Gasteiger partial charge in [0.2, 0.25) is 5.91 Å². The molecule has 0 unspecified atom stereocenters. The summed E-state index contributed by atoms with van der Waals surface area (Å²) >= 11 is 0. The maximum atomic E-state index is 11.9. The predicted octanol–water partition coefficient (Wildman–Crippen LogP) is 2.69. The third-order valence-corrected chi connectivity index (χ3v) is 4.14. The highest BCUT2D eigenvalue weighted by Gasteiger charge is 2.30. The molecular weight excluding hydrogens is 266 g/mol. The van der Waals surface area contributed by atoms with E-state index < -0.39 is 5.97 Å². The van der Waals surface area contributed by atoms with Crippen LogP contribution < -0.4 is 5.32 Å². The van der Waals surface area contributed by atoms with Crippen molar-refractivity contribution in [2.24, 2.45) is 5.92 Å². The molecule has 0 aromatic heterocycles. The van der Waals surface area contributed by atoms with Crippen LogP contribution in [-0.2, 0) is 16.0 Å². The Balaban J connectivity index is 1.66. The molecule has 0 saturated heterocycles. The Kier molecular flexibility index (Phi) is 5.37. The molecule has 1 saturated carbocycles. The summed E-state index contributed by atoms with van der Waals surface area (Å²) in [6, 6.07) is 8.40. The number of amides is 1. The van der Waals surface area contributed by atoms with Gasteiger partial charge in [-0.05, 0) is 44.6 Å². The number of hydrogen-bond donors (Lipinski definition) is 2. The zero-order valence-electron chi connectivity index (χ0n) is 12.5. The van der Waals surface area contributed by atoms with Crippen LogP contribution in [0, 0.1) is 12.8 Å². The molecule has 1 amide bonds. The minimum atomic E-state index is -0.744. The first kappa shape index (κ1) is 15.5. The maximum absolute atomic E-state index is 11.9. The van der Waals surface area contributed by atoms with E-state index in [0.717, 1.165) is 19.3 Å². The van der Waals surface area contributed by atoms with Crippen LogP contribution in [0.15, 0.2) is 24.3 Å². The summed E-state index contributed by atoms with van der Waals surface area (Å²) in [7, 11) is 0. The van der Waals surface area contributed by atoms with Crippen molar-refractivity contribution >= 4 is 11.9 Å². The first-order chi connectivity index (χ1) is 10.0. The minimum Gasteiger partial charge on any atom is -0.481 e.